The standard InChI is InChI=1S/C14H18N4OS/c1-9(2)12(15)13(19)16-8-11-17-18-14(20-11)10-6-4-3-5-7-10/h3-7,9,12H,8,15H2,1-2H3,(H,16,19)/t12-/m0/s1. The molecule has 1 amide bonds. The zero-order valence-electron chi connectivity index (χ0n) is 11.5. The Labute approximate surface area is 122 Å². The number of amides is 1. The molecule has 1 atom stereocenters. The van der Waals surface area contributed by atoms with E-state index in [-0.39, 0.29) is 11.8 Å². The molecule has 3 N–H and O–H groups in total. The number of hydrogen-bond donors (Lipinski definition) is 2. The van der Waals surface area contributed by atoms with Gasteiger partial charge in [-0.1, -0.05) is 55.5 Å². The first kappa shape index (κ1) is 14.6. The van der Waals surface area contributed by atoms with Crippen molar-refractivity contribution in [3.63, 3.8) is 0 Å². The van der Waals surface area contributed by atoms with Gasteiger partial charge < -0.3 is 11.1 Å². The Balaban J connectivity index is 1.96. The lowest BCUT2D eigenvalue weighted by atomic mass is 10.1. The summed E-state index contributed by atoms with van der Waals surface area (Å²) in [6.07, 6.45) is 0. The minimum Gasteiger partial charge on any atom is -0.348 e. The van der Waals surface area contributed by atoms with E-state index >= 15 is 0 Å². The molecule has 0 saturated carbocycles. The van der Waals surface area contributed by atoms with Gasteiger partial charge in [-0.15, -0.1) is 10.2 Å². The number of carbonyl (C=O) groups is 1. The Morgan fingerprint density at radius 2 is 2.00 bits per heavy atom. The summed E-state index contributed by atoms with van der Waals surface area (Å²) >= 11 is 1.47. The van der Waals surface area contributed by atoms with Crippen molar-refractivity contribution in [1.82, 2.24) is 15.5 Å². The van der Waals surface area contributed by atoms with Crippen molar-refractivity contribution >= 4 is 17.2 Å². The van der Waals surface area contributed by atoms with Gasteiger partial charge >= 0.3 is 0 Å². The molecule has 0 radical (unpaired) electrons. The summed E-state index contributed by atoms with van der Waals surface area (Å²) in [6.45, 7) is 4.20. The highest BCUT2D eigenvalue weighted by molar-refractivity contribution is 7.14. The lowest BCUT2D eigenvalue weighted by molar-refractivity contribution is -0.123. The van der Waals surface area contributed by atoms with E-state index in [0.717, 1.165) is 15.6 Å². The molecule has 1 heterocycles. The first-order valence-corrected chi connectivity index (χ1v) is 7.30. The predicted molar refractivity (Wildman–Crippen MR) is 80.0 cm³/mol. The van der Waals surface area contributed by atoms with Crippen molar-refractivity contribution in [3.05, 3.63) is 35.3 Å². The monoisotopic (exact) mass is 290 g/mol. The fourth-order valence-corrected chi connectivity index (χ4v) is 2.39. The SMILES string of the molecule is CC(C)[C@H](N)C(=O)NCc1nnc(-c2ccccc2)s1. The van der Waals surface area contributed by atoms with E-state index < -0.39 is 6.04 Å². The molecule has 0 unspecified atom stereocenters. The molecule has 0 spiro atoms. The van der Waals surface area contributed by atoms with Crippen molar-refractivity contribution in [1.29, 1.82) is 0 Å². The fourth-order valence-electron chi connectivity index (χ4n) is 1.61. The molecular formula is C14H18N4OS. The van der Waals surface area contributed by atoms with Crippen molar-refractivity contribution in [2.24, 2.45) is 11.7 Å². The average molecular weight is 290 g/mol. The van der Waals surface area contributed by atoms with Crippen molar-refractivity contribution in [3.8, 4) is 10.6 Å². The summed E-state index contributed by atoms with van der Waals surface area (Å²) in [5.74, 6) is -0.0410. The number of hydrogen-bond acceptors (Lipinski definition) is 5. The first-order chi connectivity index (χ1) is 9.58. The molecule has 1 aromatic carbocycles. The van der Waals surface area contributed by atoms with E-state index in [2.05, 4.69) is 15.5 Å². The van der Waals surface area contributed by atoms with Crippen LogP contribution in [0.1, 0.15) is 18.9 Å². The molecule has 0 aliphatic rings. The van der Waals surface area contributed by atoms with Crippen LogP contribution in [0.3, 0.4) is 0 Å². The number of nitrogens with one attached hydrogen (secondary N) is 1. The van der Waals surface area contributed by atoms with Gasteiger partial charge in [0.2, 0.25) is 5.91 Å². The molecule has 0 saturated heterocycles. The van der Waals surface area contributed by atoms with E-state index in [1.807, 2.05) is 44.2 Å². The molecule has 106 valence electrons. The average Bonchev–Trinajstić information content (AvgIpc) is 2.93. The highest BCUT2D eigenvalue weighted by Crippen LogP contribution is 2.22. The molecule has 6 heteroatoms. The second kappa shape index (κ2) is 6.58. The molecule has 1 aromatic heterocycles. The highest BCUT2D eigenvalue weighted by atomic mass is 32.1. The molecule has 2 rings (SSSR count). The minimum absolute atomic E-state index is 0.115. The van der Waals surface area contributed by atoms with E-state index in [1.54, 1.807) is 0 Å². The summed E-state index contributed by atoms with van der Waals surface area (Å²) in [4.78, 5) is 11.8. The van der Waals surface area contributed by atoms with Gasteiger partial charge in [-0.25, -0.2) is 0 Å². The van der Waals surface area contributed by atoms with Gasteiger partial charge in [0, 0.05) is 5.56 Å². The zero-order valence-corrected chi connectivity index (χ0v) is 12.4. The summed E-state index contributed by atoms with van der Waals surface area (Å²) in [5, 5.41) is 12.6. The maximum atomic E-state index is 11.8. The van der Waals surface area contributed by atoms with Crippen molar-refractivity contribution in [2.45, 2.75) is 26.4 Å². The summed E-state index contributed by atoms with van der Waals surface area (Å²) in [6, 6.07) is 9.35. The van der Waals surface area contributed by atoms with E-state index in [9.17, 15) is 4.79 Å². The minimum atomic E-state index is -0.489. The molecule has 5 nitrogen and oxygen atoms in total. The number of aromatic nitrogens is 2. The number of carbonyl (C=O) groups excluding carboxylic acids is 1. The van der Waals surface area contributed by atoms with Crippen molar-refractivity contribution < 1.29 is 4.79 Å². The molecule has 0 aliphatic carbocycles. The van der Waals surface area contributed by atoms with Gasteiger partial charge in [0.25, 0.3) is 0 Å². The van der Waals surface area contributed by atoms with E-state index in [1.165, 1.54) is 11.3 Å². The third kappa shape index (κ3) is 3.61. The lowest BCUT2D eigenvalue weighted by Crippen LogP contribution is -2.43. The second-order valence-corrected chi connectivity index (χ2v) is 5.92. The number of rotatable bonds is 5. The summed E-state index contributed by atoms with van der Waals surface area (Å²) in [5.41, 5.74) is 6.80. The third-order valence-corrected chi connectivity index (χ3v) is 3.89. The van der Waals surface area contributed by atoms with Crippen LogP contribution in [0.4, 0.5) is 0 Å². The molecule has 0 bridgehead atoms. The Morgan fingerprint density at radius 1 is 1.30 bits per heavy atom. The summed E-state index contributed by atoms with van der Waals surface area (Å²) < 4.78 is 0. The van der Waals surface area contributed by atoms with Crippen LogP contribution >= 0.6 is 11.3 Å². The quantitative estimate of drug-likeness (QED) is 0.880. The van der Waals surface area contributed by atoms with Crippen LogP contribution in [0.15, 0.2) is 30.3 Å². The van der Waals surface area contributed by atoms with Crippen LogP contribution in [0, 0.1) is 5.92 Å². The van der Waals surface area contributed by atoms with Crippen LogP contribution in [-0.2, 0) is 11.3 Å². The third-order valence-electron chi connectivity index (χ3n) is 2.92. The van der Waals surface area contributed by atoms with Crippen molar-refractivity contribution in [2.75, 3.05) is 0 Å². The van der Waals surface area contributed by atoms with Gasteiger partial charge in [0.05, 0.1) is 12.6 Å². The Bertz CT molecular complexity index is 568. The van der Waals surface area contributed by atoms with Gasteiger partial charge in [-0.05, 0) is 5.92 Å². The Hall–Kier alpha value is -1.79. The maximum absolute atomic E-state index is 11.8. The topological polar surface area (TPSA) is 80.9 Å². The maximum Gasteiger partial charge on any atom is 0.237 e. The van der Waals surface area contributed by atoms with Gasteiger partial charge in [0.15, 0.2) is 0 Å². The molecular weight excluding hydrogens is 272 g/mol. The first-order valence-electron chi connectivity index (χ1n) is 6.49. The van der Waals surface area contributed by atoms with E-state index in [4.69, 9.17) is 5.73 Å². The van der Waals surface area contributed by atoms with Crippen LogP contribution in [-0.4, -0.2) is 22.1 Å². The summed E-state index contributed by atoms with van der Waals surface area (Å²) in [7, 11) is 0. The molecule has 20 heavy (non-hydrogen) atoms. The van der Waals surface area contributed by atoms with Crippen LogP contribution < -0.4 is 11.1 Å². The molecule has 2 aromatic rings. The van der Waals surface area contributed by atoms with Crippen LogP contribution in [0.5, 0.6) is 0 Å². The van der Waals surface area contributed by atoms with Gasteiger partial charge in [0.1, 0.15) is 10.0 Å². The normalized spacial score (nSPS) is 12.4. The number of nitrogens with zero attached hydrogens (tertiary/aromatic N) is 2. The Kier molecular flexibility index (Phi) is 4.81. The largest absolute Gasteiger partial charge is 0.348 e. The highest BCUT2D eigenvalue weighted by Gasteiger charge is 2.17. The zero-order chi connectivity index (χ0) is 14.5. The number of nitrogens with two attached hydrogens (primary N) is 1. The molecule has 0 aliphatic heterocycles. The van der Waals surface area contributed by atoms with E-state index in [0.29, 0.717) is 6.54 Å². The lowest BCUT2D eigenvalue weighted by Gasteiger charge is -2.14. The molecule has 0 fully saturated rings. The van der Waals surface area contributed by atoms with Crippen LogP contribution in [0.25, 0.3) is 10.6 Å². The number of benzene rings is 1. The smallest absolute Gasteiger partial charge is 0.237 e. The predicted octanol–water partition coefficient (Wildman–Crippen LogP) is 1.80. The Morgan fingerprint density at radius 3 is 2.65 bits per heavy atom. The van der Waals surface area contributed by atoms with Crippen LogP contribution in [0.2, 0.25) is 0 Å². The van der Waals surface area contributed by atoms with Gasteiger partial charge in [-0.2, -0.15) is 0 Å². The second-order valence-electron chi connectivity index (χ2n) is 4.85. The van der Waals surface area contributed by atoms with Gasteiger partial charge in [-0.3, -0.25) is 4.79 Å². The fraction of sp³-hybridized carbons (Fsp3) is 0.357.